The molecule has 0 saturated carbocycles. The lowest BCUT2D eigenvalue weighted by atomic mass is 9.78. The Morgan fingerprint density at radius 2 is 2.00 bits per heavy atom. The molecule has 5 heteroatoms. The minimum Gasteiger partial charge on any atom is -0.493 e. The Balaban J connectivity index is 2.14. The minimum absolute atomic E-state index is 0.206. The van der Waals surface area contributed by atoms with Crippen molar-refractivity contribution in [3.8, 4) is 11.5 Å². The average molecular weight is 237 g/mol. The van der Waals surface area contributed by atoms with E-state index in [1.165, 1.54) is 5.56 Å². The van der Waals surface area contributed by atoms with Crippen molar-refractivity contribution in [3.63, 3.8) is 0 Å². The first-order chi connectivity index (χ1) is 8.15. The monoisotopic (exact) mass is 237 g/mol. The van der Waals surface area contributed by atoms with E-state index in [9.17, 15) is 4.79 Å². The van der Waals surface area contributed by atoms with Crippen LogP contribution in [0, 0.1) is 0 Å². The van der Waals surface area contributed by atoms with Crippen LogP contribution >= 0.6 is 0 Å². The summed E-state index contributed by atoms with van der Waals surface area (Å²) in [5, 5.41) is 0. The van der Waals surface area contributed by atoms with Crippen molar-refractivity contribution in [3.05, 3.63) is 23.3 Å². The fourth-order valence-corrected chi connectivity index (χ4v) is 2.07. The normalized spacial score (nSPS) is 16.7. The van der Waals surface area contributed by atoms with E-state index in [1.54, 1.807) is 14.2 Å². The van der Waals surface area contributed by atoms with Gasteiger partial charge in [0.15, 0.2) is 11.5 Å². The summed E-state index contributed by atoms with van der Waals surface area (Å²) in [7, 11) is 3.20. The van der Waals surface area contributed by atoms with Crippen LogP contribution in [-0.4, -0.2) is 26.9 Å². The van der Waals surface area contributed by atoms with E-state index in [0.717, 1.165) is 17.7 Å². The molecule has 1 amide bonds. The van der Waals surface area contributed by atoms with Crippen LogP contribution in [0.15, 0.2) is 12.1 Å². The van der Waals surface area contributed by atoms with Crippen molar-refractivity contribution in [2.45, 2.75) is 12.3 Å². The summed E-state index contributed by atoms with van der Waals surface area (Å²) >= 11 is 0. The number of hydrogen-bond donors (Lipinski definition) is 1. The molecule has 1 aromatic carbocycles. The number of amides is 1. The Labute approximate surface area is 99.5 Å². The molecule has 5 nitrogen and oxygen atoms in total. The Morgan fingerprint density at radius 1 is 1.35 bits per heavy atom. The standard InChI is InChI=1S/C12H15NO4/c1-15-10-4-7-3-8(6-17-12(13)14)9(7)5-11(10)16-2/h4-5,8H,3,6H2,1-2H3,(H2,13,14)/t8-/m1/s1. The maximum Gasteiger partial charge on any atom is 0.404 e. The molecule has 1 aromatic rings. The Bertz CT molecular complexity index is 444. The molecule has 0 radical (unpaired) electrons. The number of carbonyl (C=O) groups excluding carboxylic acids is 1. The van der Waals surface area contributed by atoms with Crippen molar-refractivity contribution in [2.24, 2.45) is 5.73 Å². The molecular weight excluding hydrogens is 222 g/mol. The second-order valence-electron chi connectivity index (χ2n) is 3.94. The molecule has 0 saturated heterocycles. The first-order valence-corrected chi connectivity index (χ1v) is 5.32. The second kappa shape index (κ2) is 4.53. The van der Waals surface area contributed by atoms with Gasteiger partial charge < -0.3 is 19.9 Å². The first kappa shape index (κ1) is 11.6. The number of benzene rings is 1. The molecule has 2 rings (SSSR count). The number of primary amides is 1. The van der Waals surface area contributed by atoms with E-state index in [4.69, 9.17) is 19.9 Å². The number of nitrogens with two attached hydrogens (primary N) is 1. The van der Waals surface area contributed by atoms with Gasteiger partial charge in [0.1, 0.15) is 6.61 Å². The van der Waals surface area contributed by atoms with Gasteiger partial charge in [-0.1, -0.05) is 0 Å². The SMILES string of the molecule is COc1cc2c(cc1OC)[C@@H](COC(N)=O)C2. The topological polar surface area (TPSA) is 70.8 Å². The number of ether oxygens (including phenoxy) is 3. The maximum atomic E-state index is 10.5. The molecule has 0 aromatic heterocycles. The van der Waals surface area contributed by atoms with Crippen LogP contribution in [0.3, 0.4) is 0 Å². The molecule has 0 unspecified atom stereocenters. The molecule has 0 aliphatic heterocycles. The van der Waals surface area contributed by atoms with Crippen LogP contribution < -0.4 is 15.2 Å². The molecule has 0 spiro atoms. The largest absolute Gasteiger partial charge is 0.493 e. The molecular formula is C12H15NO4. The van der Waals surface area contributed by atoms with Gasteiger partial charge in [-0.05, 0) is 29.7 Å². The smallest absolute Gasteiger partial charge is 0.404 e. The fourth-order valence-electron chi connectivity index (χ4n) is 2.07. The van der Waals surface area contributed by atoms with Crippen LogP contribution in [0.1, 0.15) is 17.0 Å². The van der Waals surface area contributed by atoms with Gasteiger partial charge in [0.05, 0.1) is 14.2 Å². The highest BCUT2D eigenvalue weighted by atomic mass is 16.5. The molecule has 2 N–H and O–H groups in total. The van der Waals surface area contributed by atoms with Gasteiger partial charge in [0.25, 0.3) is 0 Å². The minimum atomic E-state index is -0.737. The Morgan fingerprint density at radius 3 is 2.59 bits per heavy atom. The van der Waals surface area contributed by atoms with E-state index in [-0.39, 0.29) is 5.92 Å². The third kappa shape index (κ3) is 2.13. The molecule has 0 bridgehead atoms. The van der Waals surface area contributed by atoms with Crippen LogP contribution in [0.25, 0.3) is 0 Å². The summed E-state index contributed by atoms with van der Waals surface area (Å²) in [5.74, 6) is 1.62. The number of methoxy groups -OCH3 is 2. The number of carbonyl (C=O) groups is 1. The Hall–Kier alpha value is -1.91. The van der Waals surface area contributed by atoms with Crippen molar-refractivity contribution < 1.29 is 19.0 Å². The summed E-state index contributed by atoms with van der Waals surface area (Å²) in [5.41, 5.74) is 7.26. The molecule has 17 heavy (non-hydrogen) atoms. The first-order valence-electron chi connectivity index (χ1n) is 5.32. The second-order valence-corrected chi connectivity index (χ2v) is 3.94. The third-order valence-electron chi connectivity index (χ3n) is 2.98. The maximum absolute atomic E-state index is 10.5. The van der Waals surface area contributed by atoms with Crippen molar-refractivity contribution in [1.82, 2.24) is 0 Å². The predicted molar refractivity (Wildman–Crippen MR) is 61.5 cm³/mol. The lowest BCUT2D eigenvalue weighted by Gasteiger charge is -2.30. The fraction of sp³-hybridized carbons (Fsp3) is 0.417. The highest BCUT2D eigenvalue weighted by Crippen LogP contribution is 2.42. The third-order valence-corrected chi connectivity index (χ3v) is 2.98. The number of rotatable bonds is 4. The van der Waals surface area contributed by atoms with Crippen LogP contribution in [0.2, 0.25) is 0 Å². The van der Waals surface area contributed by atoms with E-state index in [2.05, 4.69) is 0 Å². The van der Waals surface area contributed by atoms with Gasteiger partial charge in [0.2, 0.25) is 0 Å². The highest BCUT2D eigenvalue weighted by Gasteiger charge is 2.29. The van der Waals surface area contributed by atoms with Gasteiger partial charge in [-0.25, -0.2) is 4.79 Å². The highest BCUT2D eigenvalue weighted by molar-refractivity contribution is 5.64. The average Bonchev–Trinajstić information content (AvgIpc) is 2.29. The van der Waals surface area contributed by atoms with Crippen LogP contribution in [0.4, 0.5) is 4.79 Å². The summed E-state index contributed by atoms with van der Waals surface area (Å²) in [4.78, 5) is 10.5. The summed E-state index contributed by atoms with van der Waals surface area (Å²) in [6.07, 6.45) is 0.127. The van der Waals surface area contributed by atoms with Gasteiger partial charge in [0, 0.05) is 5.92 Å². The zero-order valence-corrected chi connectivity index (χ0v) is 9.86. The van der Waals surface area contributed by atoms with E-state index in [0.29, 0.717) is 12.4 Å². The summed E-state index contributed by atoms with van der Waals surface area (Å²) in [6, 6.07) is 3.88. The molecule has 1 aliphatic carbocycles. The van der Waals surface area contributed by atoms with Crippen LogP contribution in [0.5, 0.6) is 11.5 Å². The van der Waals surface area contributed by atoms with Gasteiger partial charge in [-0.2, -0.15) is 0 Å². The van der Waals surface area contributed by atoms with Crippen LogP contribution in [-0.2, 0) is 11.2 Å². The number of fused-ring (bicyclic) bond motifs is 1. The zero-order valence-electron chi connectivity index (χ0n) is 9.86. The summed E-state index contributed by atoms with van der Waals surface area (Å²) in [6.45, 7) is 0.317. The van der Waals surface area contributed by atoms with Gasteiger partial charge in [-0.15, -0.1) is 0 Å². The van der Waals surface area contributed by atoms with E-state index >= 15 is 0 Å². The zero-order chi connectivity index (χ0) is 12.4. The van der Waals surface area contributed by atoms with Gasteiger partial charge >= 0.3 is 6.09 Å². The van der Waals surface area contributed by atoms with Crippen molar-refractivity contribution in [2.75, 3.05) is 20.8 Å². The lowest BCUT2D eigenvalue weighted by Crippen LogP contribution is -2.25. The molecule has 0 heterocycles. The summed E-state index contributed by atoms with van der Waals surface area (Å²) < 4.78 is 15.2. The molecule has 1 aliphatic rings. The van der Waals surface area contributed by atoms with E-state index in [1.807, 2.05) is 12.1 Å². The Kier molecular flexibility index (Phi) is 3.08. The molecule has 92 valence electrons. The molecule has 1 atom stereocenters. The van der Waals surface area contributed by atoms with Crippen molar-refractivity contribution >= 4 is 6.09 Å². The quantitative estimate of drug-likeness (QED) is 0.860. The van der Waals surface area contributed by atoms with Crippen molar-refractivity contribution in [1.29, 1.82) is 0 Å². The predicted octanol–water partition coefficient (Wildman–Crippen LogP) is 1.44. The van der Waals surface area contributed by atoms with E-state index < -0.39 is 6.09 Å². The van der Waals surface area contributed by atoms with Gasteiger partial charge in [-0.3, -0.25) is 0 Å². The molecule has 0 fully saturated rings. The lowest BCUT2D eigenvalue weighted by molar-refractivity contribution is 0.145. The number of hydrogen-bond acceptors (Lipinski definition) is 4.